The van der Waals surface area contributed by atoms with Gasteiger partial charge in [0.25, 0.3) is 0 Å². The average Bonchev–Trinajstić information content (AvgIpc) is 1.91. The predicted octanol–water partition coefficient (Wildman–Crippen LogP) is 2.63. The highest BCUT2D eigenvalue weighted by Crippen LogP contribution is 2.10. The first-order valence-corrected chi connectivity index (χ1v) is 3.93. The molecule has 0 spiro atoms. The molecule has 0 fully saturated rings. The maximum absolute atomic E-state index is 10.4. The summed E-state index contributed by atoms with van der Waals surface area (Å²) in [5, 5.41) is 10.4. The molecule has 0 aliphatic heterocycles. The molecule has 0 saturated carbocycles. The van der Waals surface area contributed by atoms with E-state index < -0.39 is 0 Å². The Bertz CT molecular complexity index is 48.5. The average molecular weight is 129 g/mol. The van der Waals surface area contributed by atoms with Crippen molar-refractivity contribution >= 4 is 0 Å². The monoisotopic (exact) mass is 129 g/mol. The molecule has 1 radical (unpaired) electrons. The largest absolute Gasteiger partial charge is 0.236 e. The van der Waals surface area contributed by atoms with Crippen molar-refractivity contribution in [1.29, 1.82) is 0 Å². The van der Waals surface area contributed by atoms with E-state index in [0.717, 1.165) is 12.8 Å². The molecule has 0 heterocycles. The molecule has 1 atom stereocenters. The minimum absolute atomic E-state index is 0.122. The third-order valence-electron chi connectivity index (χ3n) is 1.78. The second-order valence-electron chi connectivity index (χ2n) is 2.58. The molecule has 0 aromatic carbocycles. The molecule has 0 aliphatic rings. The van der Waals surface area contributed by atoms with Crippen LogP contribution in [-0.4, -0.2) is 6.61 Å². The van der Waals surface area contributed by atoms with Crippen LogP contribution in [0.25, 0.3) is 0 Å². The summed E-state index contributed by atoms with van der Waals surface area (Å²) in [6, 6.07) is 0. The van der Waals surface area contributed by atoms with Crippen molar-refractivity contribution < 1.29 is 5.11 Å². The fourth-order valence-corrected chi connectivity index (χ4v) is 0.898. The third-order valence-corrected chi connectivity index (χ3v) is 1.78. The van der Waals surface area contributed by atoms with Gasteiger partial charge in [0.2, 0.25) is 0 Å². The molecular weight excluding hydrogens is 112 g/mol. The second-order valence-corrected chi connectivity index (χ2v) is 2.58. The molecule has 55 valence electrons. The molecule has 0 aromatic heterocycles. The molecule has 9 heavy (non-hydrogen) atoms. The van der Waals surface area contributed by atoms with E-state index in [-0.39, 0.29) is 6.61 Å². The predicted molar refractivity (Wildman–Crippen MR) is 38.9 cm³/mol. The van der Waals surface area contributed by atoms with Gasteiger partial charge >= 0.3 is 0 Å². The van der Waals surface area contributed by atoms with Crippen LogP contribution in [0.3, 0.4) is 0 Å². The van der Waals surface area contributed by atoms with Gasteiger partial charge in [0.05, 0.1) is 6.61 Å². The first-order valence-electron chi connectivity index (χ1n) is 3.93. The summed E-state index contributed by atoms with van der Waals surface area (Å²) < 4.78 is 0. The van der Waals surface area contributed by atoms with Crippen molar-refractivity contribution in [2.75, 3.05) is 6.61 Å². The van der Waals surface area contributed by atoms with Crippen LogP contribution in [0.1, 0.15) is 39.5 Å². The summed E-state index contributed by atoms with van der Waals surface area (Å²) in [7, 11) is 0. The Morgan fingerprint density at radius 1 is 1.33 bits per heavy atom. The number of hydrogen-bond donors (Lipinski definition) is 0. The van der Waals surface area contributed by atoms with Gasteiger partial charge in [0.15, 0.2) is 0 Å². The maximum Gasteiger partial charge on any atom is 0.0850 e. The van der Waals surface area contributed by atoms with E-state index in [2.05, 4.69) is 13.8 Å². The maximum atomic E-state index is 10.4. The molecule has 0 N–H and O–H groups in total. The van der Waals surface area contributed by atoms with Gasteiger partial charge in [0.1, 0.15) is 0 Å². The molecule has 0 aromatic rings. The topological polar surface area (TPSA) is 19.9 Å². The molecule has 0 saturated heterocycles. The number of unbranched alkanes of at least 4 members (excludes halogenated alkanes) is 1. The highest BCUT2D eigenvalue weighted by Gasteiger charge is 2.02. The van der Waals surface area contributed by atoms with Crippen molar-refractivity contribution in [2.45, 2.75) is 39.5 Å². The zero-order chi connectivity index (χ0) is 7.11. The lowest BCUT2D eigenvalue weighted by atomic mass is 10.0. The Balaban J connectivity index is 3.09. The molecular formula is C8H17O. The summed E-state index contributed by atoms with van der Waals surface area (Å²) in [5.74, 6) is 0.449. The lowest BCUT2D eigenvalue weighted by Crippen LogP contribution is -2.02. The fraction of sp³-hybridized carbons (Fsp3) is 1.00. The van der Waals surface area contributed by atoms with Crippen LogP contribution in [-0.2, 0) is 5.11 Å². The Kier molecular flexibility index (Phi) is 6.06. The minimum atomic E-state index is 0.122. The van der Waals surface area contributed by atoms with Crippen LogP contribution in [0.15, 0.2) is 0 Å². The van der Waals surface area contributed by atoms with E-state index in [9.17, 15) is 5.11 Å². The molecule has 0 aliphatic carbocycles. The van der Waals surface area contributed by atoms with Crippen LogP contribution < -0.4 is 0 Å². The molecule has 0 bridgehead atoms. The fourth-order valence-electron chi connectivity index (χ4n) is 0.898. The van der Waals surface area contributed by atoms with Crippen LogP contribution in [0.2, 0.25) is 0 Å². The number of rotatable bonds is 5. The van der Waals surface area contributed by atoms with Gasteiger partial charge in [-0.2, -0.15) is 0 Å². The smallest absolute Gasteiger partial charge is 0.0850 e. The van der Waals surface area contributed by atoms with Crippen molar-refractivity contribution in [3.8, 4) is 0 Å². The molecule has 1 heteroatoms. The SMILES string of the molecule is CCCC[C@H](CC)C[O]. The van der Waals surface area contributed by atoms with Crippen molar-refractivity contribution in [3.05, 3.63) is 0 Å². The summed E-state index contributed by atoms with van der Waals surface area (Å²) in [6.45, 7) is 4.38. The van der Waals surface area contributed by atoms with E-state index in [1.54, 1.807) is 0 Å². The zero-order valence-corrected chi connectivity index (χ0v) is 6.52. The highest BCUT2D eigenvalue weighted by molar-refractivity contribution is 4.53. The van der Waals surface area contributed by atoms with E-state index >= 15 is 0 Å². The Labute approximate surface area is 58.1 Å². The molecule has 0 unspecified atom stereocenters. The summed E-state index contributed by atoms with van der Waals surface area (Å²) in [5.41, 5.74) is 0. The van der Waals surface area contributed by atoms with E-state index in [4.69, 9.17) is 0 Å². The van der Waals surface area contributed by atoms with E-state index in [1.807, 2.05) is 0 Å². The first kappa shape index (κ1) is 8.96. The van der Waals surface area contributed by atoms with Crippen LogP contribution >= 0.6 is 0 Å². The van der Waals surface area contributed by atoms with E-state index in [0.29, 0.717) is 5.92 Å². The third kappa shape index (κ3) is 4.46. The minimum Gasteiger partial charge on any atom is -0.236 e. The highest BCUT2D eigenvalue weighted by atomic mass is 16.3. The van der Waals surface area contributed by atoms with Gasteiger partial charge in [-0.25, -0.2) is 5.11 Å². The van der Waals surface area contributed by atoms with Crippen molar-refractivity contribution in [1.82, 2.24) is 0 Å². The molecule has 0 amide bonds. The normalized spacial score (nSPS) is 13.7. The number of hydrogen-bond acceptors (Lipinski definition) is 0. The van der Waals surface area contributed by atoms with Gasteiger partial charge in [-0.3, -0.25) is 0 Å². The van der Waals surface area contributed by atoms with Crippen molar-refractivity contribution in [2.24, 2.45) is 5.92 Å². The Morgan fingerprint density at radius 2 is 2.00 bits per heavy atom. The Morgan fingerprint density at radius 3 is 2.33 bits per heavy atom. The summed E-state index contributed by atoms with van der Waals surface area (Å²) in [6.07, 6.45) is 4.64. The van der Waals surface area contributed by atoms with Gasteiger partial charge in [0, 0.05) is 0 Å². The summed E-state index contributed by atoms with van der Waals surface area (Å²) in [4.78, 5) is 0. The standard InChI is InChI=1S/C8H17O/c1-3-5-6-8(4-2)7-9/h8H,3-7H2,1-2H3/t8-/m0/s1. The molecule has 1 nitrogen and oxygen atoms in total. The van der Waals surface area contributed by atoms with Gasteiger partial charge in [-0.15, -0.1) is 0 Å². The second kappa shape index (κ2) is 6.09. The van der Waals surface area contributed by atoms with Gasteiger partial charge < -0.3 is 0 Å². The van der Waals surface area contributed by atoms with Crippen molar-refractivity contribution in [3.63, 3.8) is 0 Å². The van der Waals surface area contributed by atoms with Crippen LogP contribution in [0.5, 0.6) is 0 Å². The van der Waals surface area contributed by atoms with Gasteiger partial charge in [-0.1, -0.05) is 33.1 Å². The lowest BCUT2D eigenvalue weighted by molar-refractivity contribution is 0.135. The zero-order valence-electron chi connectivity index (χ0n) is 6.52. The van der Waals surface area contributed by atoms with Gasteiger partial charge in [-0.05, 0) is 12.3 Å². The molecule has 0 rings (SSSR count). The first-order chi connectivity index (χ1) is 4.35. The Hall–Kier alpha value is -0.0400. The van der Waals surface area contributed by atoms with Crippen LogP contribution in [0, 0.1) is 5.92 Å². The van der Waals surface area contributed by atoms with E-state index in [1.165, 1.54) is 12.8 Å². The summed E-state index contributed by atoms with van der Waals surface area (Å²) >= 11 is 0. The lowest BCUT2D eigenvalue weighted by Gasteiger charge is -2.07. The van der Waals surface area contributed by atoms with Crippen LogP contribution in [0.4, 0.5) is 0 Å². The quantitative estimate of drug-likeness (QED) is 0.544.